The number of hydrogen-bond acceptors (Lipinski definition) is 6. The zero-order chi connectivity index (χ0) is 17.9. The Hall–Kier alpha value is -1.97. The average molecular weight is 355 g/mol. The molecule has 2 amide bonds. The van der Waals surface area contributed by atoms with Gasteiger partial charge in [0.05, 0.1) is 23.6 Å². The van der Waals surface area contributed by atoms with Crippen molar-refractivity contribution in [3.05, 3.63) is 23.8 Å². The van der Waals surface area contributed by atoms with Crippen molar-refractivity contribution in [2.75, 3.05) is 20.2 Å². The minimum atomic E-state index is -3.97. The molecule has 0 saturated carbocycles. The van der Waals surface area contributed by atoms with Gasteiger partial charge < -0.3 is 4.74 Å². The number of sulfonamides is 1. The number of hydrogen-bond donors (Lipinski definition) is 2. The monoisotopic (exact) mass is 355 g/mol. The zero-order valence-corrected chi connectivity index (χ0v) is 14.4. The van der Waals surface area contributed by atoms with E-state index >= 15 is 0 Å². The third-order valence-corrected chi connectivity index (χ3v) is 4.96. The molecule has 1 saturated heterocycles. The average Bonchev–Trinajstić information content (AvgIpc) is 3.02. The number of methoxy groups -OCH3 is 1. The summed E-state index contributed by atoms with van der Waals surface area (Å²) in [6.07, 6.45) is 1.58. The van der Waals surface area contributed by atoms with Crippen LogP contribution in [0.3, 0.4) is 0 Å². The second kappa shape index (κ2) is 7.29. The Kier molecular flexibility index (Phi) is 5.58. The van der Waals surface area contributed by atoms with Crippen molar-refractivity contribution in [3.8, 4) is 5.75 Å². The number of nitrogens with one attached hydrogen (secondary N) is 1. The minimum Gasteiger partial charge on any atom is -0.496 e. The molecule has 1 aromatic rings. The standard InChI is InChI=1S/C15H21N3O5S/c1-3-18-8-4-5-12(18)15(20)17-14(19)11-9-10(24(16,21)22)6-7-13(11)23-2/h6-7,9,12H,3-5,8H2,1-2H3,(H2,16,21,22)(H,17,19,20). The first-order chi connectivity index (χ1) is 11.3. The molecule has 1 unspecified atom stereocenters. The van der Waals surface area contributed by atoms with Gasteiger partial charge in [0.1, 0.15) is 5.75 Å². The van der Waals surface area contributed by atoms with Gasteiger partial charge in [-0.1, -0.05) is 6.92 Å². The molecule has 1 atom stereocenters. The number of carbonyl (C=O) groups is 2. The number of amides is 2. The number of imide groups is 1. The Morgan fingerprint density at radius 1 is 1.42 bits per heavy atom. The van der Waals surface area contributed by atoms with E-state index in [-0.39, 0.29) is 22.3 Å². The topological polar surface area (TPSA) is 119 Å². The van der Waals surface area contributed by atoms with Gasteiger partial charge in [-0.15, -0.1) is 0 Å². The fourth-order valence-electron chi connectivity index (χ4n) is 2.81. The van der Waals surface area contributed by atoms with Gasteiger partial charge in [0.25, 0.3) is 5.91 Å². The highest BCUT2D eigenvalue weighted by molar-refractivity contribution is 7.89. The quantitative estimate of drug-likeness (QED) is 0.722. The van der Waals surface area contributed by atoms with E-state index in [0.29, 0.717) is 6.42 Å². The lowest BCUT2D eigenvalue weighted by atomic mass is 10.1. The number of nitrogens with zero attached hydrogens (tertiary/aromatic N) is 1. The molecule has 24 heavy (non-hydrogen) atoms. The van der Waals surface area contributed by atoms with Crippen LogP contribution >= 0.6 is 0 Å². The number of nitrogens with two attached hydrogens (primary N) is 1. The van der Waals surface area contributed by atoms with Crippen LogP contribution < -0.4 is 15.2 Å². The highest BCUT2D eigenvalue weighted by Crippen LogP contribution is 2.22. The maximum Gasteiger partial charge on any atom is 0.261 e. The maximum atomic E-state index is 12.4. The fraction of sp³-hybridized carbons (Fsp3) is 0.467. The van der Waals surface area contributed by atoms with Gasteiger partial charge in [-0.3, -0.25) is 19.8 Å². The second-order valence-corrected chi connectivity index (χ2v) is 7.07. The molecule has 3 N–H and O–H groups in total. The number of rotatable bonds is 5. The molecule has 0 aliphatic carbocycles. The first-order valence-corrected chi connectivity index (χ1v) is 9.12. The molecule has 1 heterocycles. The number of carbonyl (C=O) groups excluding carboxylic acids is 2. The maximum absolute atomic E-state index is 12.4. The first kappa shape index (κ1) is 18.4. The summed E-state index contributed by atoms with van der Waals surface area (Å²) in [5.41, 5.74) is -0.0570. The molecule has 1 fully saturated rings. The molecular formula is C15H21N3O5S. The zero-order valence-electron chi connectivity index (χ0n) is 13.6. The smallest absolute Gasteiger partial charge is 0.261 e. The summed E-state index contributed by atoms with van der Waals surface area (Å²) in [6.45, 7) is 3.48. The Bertz CT molecular complexity index is 747. The summed E-state index contributed by atoms with van der Waals surface area (Å²) >= 11 is 0. The molecule has 1 aromatic carbocycles. The van der Waals surface area contributed by atoms with E-state index in [1.165, 1.54) is 19.2 Å². The van der Waals surface area contributed by atoms with Crippen molar-refractivity contribution < 1.29 is 22.7 Å². The van der Waals surface area contributed by atoms with Crippen molar-refractivity contribution >= 4 is 21.8 Å². The molecule has 0 aromatic heterocycles. The third-order valence-electron chi connectivity index (χ3n) is 4.05. The Morgan fingerprint density at radius 3 is 2.71 bits per heavy atom. The summed E-state index contributed by atoms with van der Waals surface area (Å²) in [4.78, 5) is 26.5. The van der Waals surface area contributed by atoms with Crippen LogP contribution in [0.15, 0.2) is 23.1 Å². The van der Waals surface area contributed by atoms with Crippen LogP contribution in [0.4, 0.5) is 0 Å². The first-order valence-electron chi connectivity index (χ1n) is 7.58. The van der Waals surface area contributed by atoms with Crippen LogP contribution in [0, 0.1) is 0 Å². The van der Waals surface area contributed by atoms with Gasteiger partial charge in [0.2, 0.25) is 15.9 Å². The van der Waals surface area contributed by atoms with Crippen LogP contribution in [0.1, 0.15) is 30.1 Å². The Morgan fingerprint density at radius 2 is 2.12 bits per heavy atom. The lowest BCUT2D eigenvalue weighted by Gasteiger charge is -2.21. The van der Waals surface area contributed by atoms with E-state index in [9.17, 15) is 18.0 Å². The minimum absolute atomic E-state index is 0.0570. The fourth-order valence-corrected chi connectivity index (χ4v) is 3.35. The van der Waals surface area contributed by atoms with E-state index in [1.807, 2.05) is 11.8 Å². The van der Waals surface area contributed by atoms with Crippen molar-refractivity contribution in [2.24, 2.45) is 5.14 Å². The predicted octanol–water partition coefficient (Wildman–Crippen LogP) is 0.0833. The van der Waals surface area contributed by atoms with Crippen molar-refractivity contribution in [1.29, 1.82) is 0 Å². The number of primary sulfonamides is 1. The van der Waals surface area contributed by atoms with Gasteiger partial charge >= 0.3 is 0 Å². The van der Waals surface area contributed by atoms with Crippen molar-refractivity contribution in [1.82, 2.24) is 10.2 Å². The lowest BCUT2D eigenvalue weighted by Crippen LogP contribution is -2.45. The Labute approximate surface area is 141 Å². The molecule has 2 rings (SSSR count). The number of ether oxygens (including phenoxy) is 1. The lowest BCUT2D eigenvalue weighted by molar-refractivity contribution is -0.124. The molecule has 0 spiro atoms. The number of benzene rings is 1. The highest BCUT2D eigenvalue weighted by atomic mass is 32.2. The predicted molar refractivity (Wildman–Crippen MR) is 87.1 cm³/mol. The van der Waals surface area contributed by atoms with Crippen LogP contribution in [0.5, 0.6) is 5.75 Å². The second-order valence-electron chi connectivity index (χ2n) is 5.51. The summed E-state index contributed by atoms with van der Waals surface area (Å²) in [6, 6.07) is 3.31. The van der Waals surface area contributed by atoms with Gasteiger partial charge in [-0.25, -0.2) is 13.6 Å². The molecule has 132 valence electrons. The summed E-state index contributed by atoms with van der Waals surface area (Å²) < 4.78 is 28.0. The number of likely N-dealkylation sites (N-methyl/N-ethyl adjacent to an activating group) is 1. The Balaban J connectivity index is 2.24. The third kappa shape index (κ3) is 3.92. The van der Waals surface area contributed by atoms with E-state index in [1.54, 1.807) is 0 Å². The van der Waals surface area contributed by atoms with E-state index < -0.39 is 21.8 Å². The van der Waals surface area contributed by atoms with Crippen LogP contribution in [0.25, 0.3) is 0 Å². The molecule has 0 bridgehead atoms. The summed E-state index contributed by atoms with van der Waals surface area (Å²) in [5, 5.41) is 7.40. The van der Waals surface area contributed by atoms with Crippen LogP contribution in [-0.4, -0.2) is 51.4 Å². The highest BCUT2D eigenvalue weighted by Gasteiger charge is 2.31. The van der Waals surface area contributed by atoms with Crippen molar-refractivity contribution in [3.63, 3.8) is 0 Å². The molecule has 8 nitrogen and oxygen atoms in total. The molecular weight excluding hydrogens is 334 g/mol. The number of likely N-dealkylation sites (tertiary alicyclic amines) is 1. The normalized spacial score (nSPS) is 18.4. The van der Waals surface area contributed by atoms with E-state index in [0.717, 1.165) is 25.6 Å². The molecule has 1 aliphatic rings. The van der Waals surface area contributed by atoms with Gasteiger partial charge in [-0.2, -0.15) is 0 Å². The molecule has 0 radical (unpaired) electrons. The van der Waals surface area contributed by atoms with Gasteiger partial charge in [-0.05, 0) is 44.1 Å². The van der Waals surface area contributed by atoms with Gasteiger partial charge in [0.15, 0.2) is 0 Å². The SMILES string of the molecule is CCN1CCCC1C(=O)NC(=O)c1cc(S(N)(=O)=O)ccc1OC. The molecule has 1 aliphatic heterocycles. The van der Waals surface area contributed by atoms with E-state index in [2.05, 4.69) is 5.32 Å². The van der Waals surface area contributed by atoms with Crippen molar-refractivity contribution in [2.45, 2.75) is 30.7 Å². The van der Waals surface area contributed by atoms with Crippen LogP contribution in [0.2, 0.25) is 0 Å². The van der Waals surface area contributed by atoms with Crippen LogP contribution in [-0.2, 0) is 14.8 Å². The van der Waals surface area contributed by atoms with E-state index in [4.69, 9.17) is 9.88 Å². The summed E-state index contributed by atoms with van der Waals surface area (Å²) in [7, 11) is -2.62. The largest absolute Gasteiger partial charge is 0.496 e. The summed E-state index contributed by atoms with van der Waals surface area (Å²) in [5.74, 6) is -0.959. The van der Waals surface area contributed by atoms with Gasteiger partial charge in [0, 0.05) is 0 Å². The molecule has 9 heteroatoms.